The van der Waals surface area contributed by atoms with Gasteiger partial charge in [0.2, 0.25) is 5.91 Å². The number of aromatic nitrogens is 2. The number of carbonyl (C=O) groups is 1. The number of nitrogens with zero attached hydrogens (tertiary/aromatic N) is 4. The molecule has 0 radical (unpaired) electrons. The van der Waals surface area contributed by atoms with Gasteiger partial charge in [0.1, 0.15) is 12.3 Å². The lowest BCUT2D eigenvalue weighted by Gasteiger charge is -2.23. The fraction of sp³-hybridized carbons (Fsp3) is 0.450. The lowest BCUT2D eigenvalue weighted by atomic mass is 10.1. The van der Waals surface area contributed by atoms with Crippen LogP contribution in [0.2, 0.25) is 0 Å². The van der Waals surface area contributed by atoms with Gasteiger partial charge in [-0.05, 0) is 24.4 Å². The molecule has 2 aromatic rings. The second kappa shape index (κ2) is 11.5. The van der Waals surface area contributed by atoms with Crippen molar-refractivity contribution in [3.05, 3.63) is 78.9 Å². The molecule has 1 fully saturated rings. The largest absolute Gasteiger partial charge is 0.403 e. The van der Waals surface area contributed by atoms with Crippen LogP contribution in [-0.2, 0) is 25.0 Å². The zero-order chi connectivity index (χ0) is 25.6. The molecule has 0 bridgehead atoms. The molecule has 2 unspecified atom stereocenters. The van der Waals surface area contributed by atoms with E-state index >= 15 is 0 Å². The summed E-state index contributed by atoms with van der Waals surface area (Å²) in [7, 11) is -3.10. The van der Waals surface area contributed by atoms with Gasteiger partial charge in [-0.1, -0.05) is 35.4 Å². The summed E-state index contributed by atoms with van der Waals surface area (Å²) in [6.45, 7) is 1.05. The number of carbonyl (C=O) groups excluding carboxylic acids is 1. The SMILES string of the molecule is CNC(=O)[C@@H](Cc1ccccc1)NP(=O)(O)OC[C@H]1O[C@@H](n2cc(C)c(=O)[nH]c2=O)CC1N=[N+]=[N-]. The third kappa shape index (κ3) is 6.89. The maximum atomic E-state index is 12.7. The maximum Gasteiger partial charge on any atom is 0.403 e. The number of likely N-dealkylation sites (N-methyl/N-ethyl adjacent to an activating group) is 1. The highest BCUT2D eigenvalue weighted by atomic mass is 31.2. The van der Waals surface area contributed by atoms with E-state index < -0.39 is 55.9 Å². The molecule has 1 aromatic heterocycles. The molecule has 1 aliphatic heterocycles. The first kappa shape index (κ1) is 26.4. The van der Waals surface area contributed by atoms with Crippen LogP contribution in [0.1, 0.15) is 23.8 Å². The van der Waals surface area contributed by atoms with Crippen molar-refractivity contribution in [2.24, 2.45) is 5.11 Å². The molecule has 5 atom stereocenters. The van der Waals surface area contributed by atoms with Crippen LogP contribution in [-0.4, -0.2) is 52.2 Å². The molecule has 0 spiro atoms. The van der Waals surface area contributed by atoms with Crippen LogP contribution in [0.5, 0.6) is 0 Å². The molecule has 1 amide bonds. The average Bonchev–Trinajstić information content (AvgIpc) is 3.22. The number of azide groups is 1. The van der Waals surface area contributed by atoms with Crippen molar-refractivity contribution in [2.45, 2.75) is 44.2 Å². The Labute approximate surface area is 199 Å². The molecule has 35 heavy (non-hydrogen) atoms. The van der Waals surface area contributed by atoms with E-state index in [0.717, 1.165) is 10.1 Å². The fourth-order valence-corrected chi connectivity index (χ4v) is 4.68. The zero-order valence-corrected chi connectivity index (χ0v) is 19.9. The summed E-state index contributed by atoms with van der Waals surface area (Å²) >= 11 is 0. The van der Waals surface area contributed by atoms with Gasteiger partial charge in [-0.2, -0.15) is 0 Å². The normalized spacial score (nSPS) is 22.1. The number of hydrogen-bond donors (Lipinski definition) is 4. The Kier molecular flexibility index (Phi) is 8.62. The minimum absolute atomic E-state index is 0.0709. The van der Waals surface area contributed by atoms with Gasteiger partial charge in [0.25, 0.3) is 5.56 Å². The number of ether oxygens (including phenoxy) is 1. The Hall–Kier alpha value is -3.25. The quantitative estimate of drug-likeness (QED) is 0.157. The van der Waals surface area contributed by atoms with Gasteiger partial charge in [-0.25, -0.2) is 14.4 Å². The Morgan fingerprint density at radius 1 is 1.43 bits per heavy atom. The van der Waals surface area contributed by atoms with Crippen molar-refractivity contribution in [3.63, 3.8) is 0 Å². The number of aryl methyl sites for hydroxylation is 1. The lowest BCUT2D eigenvalue weighted by molar-refractivity contribution is -0.122. The number of nitrogens with one attached hydrogen (secondary N) is 3. The van der Waals surface area contributed by atoms with E-state index in [1.54, 1.807) is 24.3 Å². The molecule has 3 rings (SSSR count). The van der Waals surface area contributed by atoms with Gasteiger partial charge in [0, 0.05) is 30.1 Å². The summed E-state index contributed by atoms with van der Waals surface area (Å²) in [5, 5.41) is 8.43. The van der Waals surface area contributed by atoms with Crippen molar-refractivity contribution < 1.29 is 23.5 Å². The molecule has 188 valence electrons. The van der Waals surface area contributed by atoms with Crippen molar-refractivity contribution in [2.75, 3.05) is 13.7 Å². The van der Waals surface area contributed by atoms with Crippen LogP contribution in [0.25, 0.3) is 10.4 Å². The summed E-state index contributed by atoms with van der Waals surface area (Å²) in [6, 6.07) is 7.04. The minimum Gasteiger partial charge on any atom is -0.358 e. The maximum absolute atomic E-state index is 12.7. The highest BCUT2D eigenvalue weighted by Gasteiger charge is 2.38. The van der Waals surface area contributed by atoms with Crippen molar-refractivity contribution in [1.29, 1.82) is 0 Å². The molecule has 1 saturated heterocycles. The predicted octanol–water partition coefficient (Wildman–Crippen LogP) is 0.875. The van der Waals surface area contributed by atoms with Gasteiger partial charge in [-0.15, -0.1) is 0 Å². The second-order valence-electron chi connectivity index (χ2n) is 7.92. The molecule has 1 aliphatic rings. The van der Waals surface area contributed by atoms with E-state index in [0.29, 0.717) is 0 Å². The Morgan fingerprint density at radius 2 is 2.14 bits per heavy atom. The van der Waals surface area contributed by atoms with E-state index in [-0.39, 0.29) is 18.4 Å². The first-order valence-electron chi connectivity index (χ1n) is 10.7. The van der Waals surface area contributed by atoms with Crippen LogP contribution in [0, 0.1) is 6.92 Å². The van der Waals surface area contributed by atoms with E-state index in [9.17, 15) is 23.8 Å². The van der Waals surface area contributed by atoms with Gasteiger partial charge in [0.05, 0.1) is 18.8 Å². The predicted molar refractivity (Wildman–Crippen MR) is 124 cm³/mol. The van der Waals surface area contributed by atoms with Crippen molar-refractivity contribution in [3.8, 4) is 0 Å². The van der Waals surface area contributed by atoms with E-state index in [1.165, 1.54) is 20.2 Å². The molecule has 0 aliphatic carbocycles. The van der Waals surface area contributed by atoms with Crippen LogP contribution in [0.3, 0.4) is 0 Å². The molecule has 1 aromatic carbocycles. The smallest absolute Gasteiger partial charge is 0.358 e. The van der Waals surface area contributed by atoms with Gasteiger partial charge in [0.15, 0.2) is 0 Å². The van der Waals surface area contributed by atoms with Crippen LogP contribution in [0.15, 0.2) is 51.2 Å². The summed E-state index contributed by atoms with van der Waals surface area (Å²) in [5.74, 6) is -0.510. The first-order chi connectivity index (χ1) is 16.6. The van der Waals surface area contributed by atoms with E-state index in [1.807, 2.05) is 6.07 Å². The topological polar surface area (TPSA) is 201 Å². The third-order valence-electron chi connectivity index (χ3n) is 5.44. The number of aromatic amines is 1. The van der Waals surface area contributed by atoms with E-state index in [4.69, 9.17) is 14.8 Å². The standard InChI is InChI=1S/C20H26N7O7P/c1-12-10-27(20(30)23-18(12)28)17-9-14(24-26-21)16(34-17)11-33-35(31,32)25-15(19(29)22-2)8-13-6-4-3-5-7-13/h3-7,10,14-17H,8-9,11H2,1-2H3,(H,22,29)(H,23,28,30)(H2,25,31,32)/t14?,15-,16-,17-/m1/s1. The zero-order valence-electron chi connectivity index (χ0n) is 19.0. The van der Waals surface area contributed by atoms with Crippen LogP contribution in [0.4, 0.5) is 0 Å². The average molecular weight is 507 g/mol. The second-order valence-corrected chi connectivity index (χ2v) is 9.47. The van der Waals surface area contributed by atoms with Crippen LogP contribution >= 0.6 is 7.75 Å². The Bertz CT molecular complexity index is 1260. The Morgan fingerprint density at radius 3 is 2.80 bits per heavy atom. The van der Waals surface area contributed by atoms with E-state index in [2.05, 4.69) is 25.4 Å². The lowest BCUT2D eigenvalue weighted by Crippen LogP contribution is -2.43. The molecule has 2 heterocycles. The minimum atomic E-state index is -4.51. The molecule has 14 nitrogen and oxygen atoms in total. The summed E-state index contributed by atoms with van der Waals surface area (Å²) in [5.41, 5.74) is 8.69. The van der Waals surface area contributed by atoms with Crippen molar-refractivity contribution >= 4 is 13.7 Å². The van der Waals surface area contributed by atoms with Gasteiger partial charge in [-0.3, -0.25) is 23.7 Å². The van der Waals surface area contributed by atoms with Crippen molar-refractivity contribution in [1.82, 2.24) is 20.0 Å². The molecule has 15 heteroatoms. The monoisotopic (exact) mass is 507 g/mol. The number of hydrogen-bond acceptors (Lipinski definition) is 7. The first-order valence-corrected chi connectivity index (χ1v) is 12.2. The fourth-order valence-electron chi connectivity index (χ4n) is 3.65. The summed E-state index contributed by atoms with van der Waals surface area (Å²) in [4.78, 5) is 51.4. The highest BCUT2D eigenvalue weighted by Crippen LogP contribution is 2.40. The number of rotatable bonds is 10. The summed E-state index contributed by atoms with van der Waals surface area (Å²) in [6.07, 6.45) is -0.346. The third-order valence-corrected chi connectivity index (χ3v) is 6.58. The molecule has 4 N–H and O–H groups in total. The van der Waals surface area contributed by atoms with Crippen LogP contribution < -0.4 is 21.7 Å². The highest BCUT2D eigenvalue weighted by molar-refractivity contribution is 7.50. The molecular weight excluding hydrogens is 481 g/mol. The number of benzene rings is 1. The Balaban J connectivity index is 1.70. The molecule has 0 saturated carbocycles. The summed E-state index contributed by atoms with van der Waals surface area (Å²) < 4.78 is 24.8. The number of amides is 1. The molecular formula is C20H26N7O7P. The van der Waals surface area contributed by atoms with Gasteiger partial charge >= 0.3 is 13.4 Å². The number of H-pyrrole nitrogens is 1. The van der Waals surface area contributed by atoms with Gasteiger partial charge < -0.3 is 14.9 Å².